The van der Waals surface area contributed by atoms with Crippen LogP contribution < -0.4 is 28.3 Å². The van der Waals surface area contributed by atoms with Crippen LogP contribution in [0.4, 0.5) is 0 Å². The number of hydrogen-bond donors (Lipinski definition) is 7. The first-order valence-electron chi connectivity index (χ1n) is 10.5. The minimum atomic E-state index is -1.22. The molecule has 0 amide bonds. The standard InChI is InChI=1S/C19H37N5O6/c1-19(26)8-27-18(15(25)16(19)24-2)30-14-6-13(11(22)5-12(14)23)29-17-10(21)4-3-9(7-20)28-17/h3,10-18,24-26H,4-8,20-23H2,1-2H3/t10-,11-,12+,13-,14+,15+,16+,17+,18-,19+/m1/s1. The molecule has 1 aliphatic carbocycles. The summed E-state index contributed by atoms with van der Waals surface area (Å²) in [7, 11) is 1.66. The van der Waals surface area contributed by atoms with E-state index in [0.717, 1.165) is 0 Å². The lowest BCUT2D eigenvalue weighted by molar-refractivity contribution is -0.288. The van der Waals surface area contributed by atoms with Crippen LogP contribution >= 0.6 is 0 Å². The van der Waals surface area contributed by atoms with Gasteiger partial charge >= 0.3 is 0 Å². The van der Waals surface area contributed by atoms with Crippen molar-refractivity contribution >= 4 is 0 Å². The molecule has 1 saturated heterocycles. The van der Waals surface area contributed by atoms with Crippen LogP contribution in [-0.2, 0) is 18.9 Å². The van der Waals surface area contributed by atoms with Gasteiger partial charge in [-0.2, -0.15) is 0 Å². The van der Waals surface area contributed by atoms with Crippen LogP contribution in [0.1, 0.15) is 26.2 Å². The minimum absolute atomic E-state index is 0.0145. The molecule has 0 aromatic carbocycles. The highest BCUT2D eigenvalue weighted by Crippen LogP contribution is 2.30. The van der Waals surface area contributed by atoms with Crippen molar-refractivity contribution in [3.05, 3.63) is 11.8 Å². The van der Waals surface area contributed by atoms with Crippen LogP contribution in [-0.4, -0.2) is 91.1 Å². The topological polar surface area (TPSA) is 193 Å². The van der Waals surface area contributed by atoms with E-state index in [1.54, 1.807) is 14.0 Å². The predicted octanol–water partition coefficient (Wildman–Crippen LogP) is -2.82. The molecule has 0 bridgehead atoms. The van der Waals surface area contributed by atoms with Crippen LogP contribution in [0.3, 0.4) is 0 Å². The third-order valence-electron chi connectivity index (χ3n) is 6.16. The van der Waals surface area contributed by atoms with Gasteiger partial charge in [0.25, 0.3) is 0 Å². The number of aliphatic hydroxyl groups excluding tert-OH is 1. The summed E-state index contributed by atoms with van der Waals surface area (Å²) in [5.41, 5.74) is 23.1. The molecule has 11 N–H and O–H groups in total. The summed E-state index contributed by atoms with van der Waals surface area (Å²) in [5.74, 6) is 0.638. The van der Waals surface area contributed by atoms with E-state index in [9.17, 15) is 10.2 Å². The lowest BCUT2D eigenvalue weighted by Crippen LogP contribution is -2.66. The Morgan fingerprint density at radius 3 is 2.37 bits per heavy atom. The second kappa shape index (κ2) is 9.74. The molecule has 30 heavy (non-hydrogen) atoms. The molecule has 11 nitrogen and oxygen atoms in total. The number of ether oxygens (including phenoxy) is 4. The molecule has 10 atom stereocenters. The first-order chi connectivity index (χ1) is 14.2. The number of hydrogen-bond acceptors (Lipinski definition) is 11. The van der Waals surface area contributed by atoms with Crippen molar-refractivity contribution in [1.29, 1.82) is 0 Å². The summed E-state index contributed by atoms with van der Waals surface area (Å²) >= 11 is 0. The summed E-state index contributed by atoms with van der Waals surface area (Å²) in [6.45, 7) is 1.88. The molecule has 0 aromatic heterocycles. The third kappa shape index (κ3) is 5.13. The monoisotopic (exact) mass is 431 g/mol. The van der Waals surface area contributed by atoms with Crippen molar-refractivity contribution in [2.75, 3.05) is 20.2 Å². The zero-order valence-corrected chi connectivity index (χ0v) is 17.6. The molecule has 174 valence electrons. The second-order valence-corrected chi connectivity index (χ2v) is 8.70. The first kappa shape index (κ1) is 23.8. The van der Waals surface area contributed by atoms with Crippen molar-refractivity contribution in [3.63, 3.8) is 0 Å². The summed E-state index contributed by atoms with van der Waals surface area (Å²) in [6, 6.07) is -1.61. The van der Waals surface area contributed by atoms with Crippen molar-refractivity contribution in [3.8, 4) is 0 Å². The normalized spacial score (nSPS) is 47.5. The lowest BCUT2D eigenvalue weighted by Gasteiger charge is -2.46. The molecule has 11 heteroatoms. The fourth-order valence-corrected chi connectivity index (χ4v) is 4.34. The van der Waals surface area contributed by atoms with E-state index < -0.39 is 42.5 Å². The molecule has 1 saturated carbocycles. The molecule has 0 radical (unpaired) electrons. The Balaban J connectivity index is 1.63. The van der Waals surface area contributed by atoms with Crippen LogP contribution in [0.25, 0.3) is 0 Å². The van der Waals surface area contributed by atoms with Gasteiger partial charge in [0, 0.05) is 18.5 Å². The van der Waals surface area contributed by atoms with Gasteiger partial charge in [-0.3, -0.25) is 0 Å². The zero-order valence-electron chi connectivity index (χ0n) is 17.6. The van der Waals surface area contributed by atoms with E-state index in [-0.39, 0.29) is 31.3 Å². The summed E-state index contributed by atoms with van der Waals surface area (Å²) in [5, 5.41) is 24.0. The summed E-state index contributed by atoms with van der Waals surface area (Å²) < 4.78 is 23.5. The molecule has 3 rings (SSSR count). The zero-order chi connectivity index (χ0) is 22.1. The molecule has 2 fully saturated rings. The van der Waals surface area contributed by atoms with Gasteiger partial charge in [-0.25, -0.2) is 0 Å². The van der Waals surface area contributed by atoms with Gasteiger partial charge in [0.2, 0.25) is 6.29 Å². The maximum absolute atomic E-state index is 10.6. The van der Waals surface area contributed by atoms with E-state index in [1.165, 1.54) is 0 Å². The number of nitrogens with two attached hydrogens (primary N) is 4. The number of rotatable bonds is 6. The fourth-order valence-electron chi connectivity index (χ4n) is 4.34. The SMILES string of the molecule is CN[C@H]1[C@H](O)[C@@H](O[C@H]2C[C@@H](O[C@@H]3OC(CN)=CC[C@H]3N)[C@H](N)C[C@@H]2N)OC[C@]1(C)O. The highest BCUT2D eigenvalue weighted by Gasteiger charge is 2.48. The van der Waals surface area contributed by atoms with E-state index in [0.29, 0.717) is 25.0 Å². The summed E-state index contributed by atoms with van der Waals surface area (Å²) in [4.78, 5) is 0. The predicted molar refractivity (Wildman–Crippen MR) is 109 cm³/mol. The first-order valence-corrected chi connectivity index (χ1v) is 10.5. The second-order valence-electron chi connectivity index (χ2n) is 8.70. The number of likely N-dealkylation sites (N-methyl/N-ethyl adjacent to an activating group) is 1. The van der Waals surface area contributed by atoms with Crippen LogP contribution in [0.5, 0.6) is 0 Å². The largest absolute Gasteiger partial charge is 0.467 e. The van der Waals surface area contributed by atoms with Crippen LogP contribution in [0.15, 0.2) is 11.8 Å². The molecule has 0 spiro atoms. The molecular weight excluding hydrogens is 394 g/mol. The fraction of sp³-hybridized carbons (Fsp3) is 0.895. The highest BCUT2D eigenvalue weighted by atomic mass is 16.7. The Hall–Kier alpha value is -0.860. The van der Waals surface area contributed by atoms with E-state index >= 15 is 0 Å². The lowest BCUT2D eigenvalue weighted by atomic mass is 9.86. The Morgan fingerprint density at radius 1 is 1.13 bits per heavy atom. The molecular formula is C19H37N5O6. The van der Waals surface area contributed by atoms with E-state index in [4.69, 9.17) is 41.9 Å². The quantitative estimate of drug-likeness (QED) is 0.229. The maximum Gasteiger partial charge on any atom is 0.215 e. The molecule has 0 aromatic rings. The third-order valence-corrected chi connectivity index (χ3v) is 6.16. The van der Waals surface area contributed by atoms with Gasteiger partial charge in [0.05, 0.1) is 37.4 Å². The van der Waals surface area contributed by atoms with Crippen molar-refractivity contribution in [2.45, 2.75) is 86.8 Å². The smallest absolute Gasteiger partial charge is 0.215 e. The van der Waals surface area contributed by atoms with Gasteiger partial charge in [-0.15, -0.1) is 0 Å². The number of nitrogens with one attached hydrogen (secondary N) is 1. The van der Waals surface area contributed by atoms with E-state index in [2.05, 4.69) is 5.32 Å². The van der Waals surface area contributed by atoms with Crippen molar-refractivity contribution in [2.24, 2.45) is 22.9 Å². The molecule has 0 unspecified atom stereocenters. The summed E-state index contributed by atoms with van der Waals surface area (Å²) in [6.07, 6.45) is -0.196. The van der Waals surface area contributed by atoms with Gasteiger partial charge in [0.15, 0.2) is 6.29 Å². The van der Waals surface area contributed by atoms with Crippen molar-refractivity contribution in [1.82, 2.24) is 5.32 Å². The Morgan fingerprint density at radius 2 is 1.77 bits per heavy atom. The van der Waals surface area contributed by atoms with Gasteiger partial charge in [-0.1, -0.05) is 0 Å². The van der Waals surface area contributed by atoms with Crippen LogP contribution in [0, 0.1) is 0 Å². The maximum atomic E-state index is 10.6. The average molecular weight is 432 g/mol. The highest BCUT2D eigenvalue weighted by molar-refractivity contribution is 5.03. The van der Waals surface area contributed by atoms with Gasteiger partial charge in [0.1, 0.15) is 17.5 Å². The number of aliphatic hydroxyl groups is 2. The Bertz CT molecular complexity index is 608. The molecule has 3 aliphatic rings. The Labute approximate surface area is 177 Å². The van der Waals surface area contributed by atoms with Gasteiger partial charge in [-0.05, 0) is 32.9 Å². The van der Waals surface area contributed by atoms with E-state index in [1.807, 2.05) is 6.08 Å². The van der Waals surface area contributed by atoms with Gasteiger partial charge < -0.3 is 57.4 Å². The Kier molecular flexibility index (Phi) is 7.72. The average Bonchev–Trinajstić information content (AvgIpc) is 2.69. The van der Waals surface area contributed by atoms with Crippen LogP contribution in [0.2, 0.25) is 0 Å². The minimum Gasteiger partial charge on any atom is -0.467 e. The molecule has 2 aliphatic heterocycles. The van der Waals surface area contributed by atoms with Crippen molar-refractivity contribution < 1.29 is 29.2 Å². The molecule has 2 heterocycles.